The highest BCUT2D eigenvalue weighted by molar-refractivity contribution is 7.99. The van der Waals surface area contributed by atoms with Crippen LogP contribution in [0.5, 0.6) is 0 Å². The van der Waals surface area contributed by atoms with Crippen LogP contribution in [0, 0.1) is 5.92 Å². The molecule has 106 valence electrons. The maximum atomic E-state index is 11.2. The van der Waals surface area contributed by atoms with E-state index in [2.05, 4.69) is 6.92 Å². The molecule has 0 spiro atoms. The normalized spacial score (nSPS) is 17.3. The molecule has 0 radical (unpaired) electrons. The highest BCUT2D eigenvalue weighted by Crippen LogP contribution is 2.22. The van der Waals surface area contributed by atoms with E-state index in [-0.39, 0.29) is 11.2 Å². The van der Waals surface area contributed by atoms with Crippen molar-refractivity contribution in [3.8, 4) is 0 Å². The molecule has 1 unspecified atom stereocenters. The summed E-state index contributed by atoms with van der Waals surface area (Å²) < 4.78 is 0. The van der Waals surface area contributed by atoms with E-state index < -0.39 is 0 Å². The van der Waals surface area contributed by atoms with Gasteiger partial charge in [-0.3, -0.25) is 14.5 Å². The molecule has 0 N–H and O–H groups in total. The second-order valence-corrected chi connectivity index (χ2v) is 5.97. The molecular formula is C14H27NO2S. The Balaban J connectivity index is 0.000000351. The lowest BCUT2D eigenvalue weighted by Crippen LogP contribution is -2.33. The number of thioether (sulfide) groups is 1. The zero-order valence-corrected chi connectivity index (χ0v) is 13.0. The lowest BCUT2D eigenvalue weighted by Gasteiger charge is -2.15. The average Bonchev–Trinajstić information content (AvgIpc) is 2.40. The van der Waals surface area contributed by atoms with Crippen molar-refractivity contribution < 1.29 is 9.59 Å². The number of imide groups is 1. The topological polar surface area (TPSA) is 37.4 Å². The molecule has 0 aromatic heterocycles. The highest BCUT2D eigenvalue weighted by Gasteiger charge is 2.18. The summed E-state index contributed by atoms with van der Waals surface area (Å²) in [6.45, 7) is 4.29. The van der Waals surface area contributed by atoms with Crippen LogP contribution in [-0.2, 0) is 9.59 Å². The maximum Gasteiger partial charge on any atom is 0.241 e. The third-order valence-corrected chi connectivity index (χ3v) is 4.43. The first-order chi connectivity index (χ1) is 8.56. The van der Waals surface area contributed by atoms with Crippen molar-refractivity contribution in [3.05, 3.63) is 0 Å². The Kier molecular flexibility index (Phi) is 10.1. The summed E-state index contributed by atoms with van der Waals surface area (Å²) in [5, 5.41) is -0.0785. The third kappa shape index (κ3) is 7.04. The van der Waals surface area contributed by atoms with E-state index in [4.69, 9.17) is 0 Å². The minimum absolute atomic E-state index is 0.0785. The van der Waals surface area contributed by atoms with E-state index in [1.54, 1.807) is 0 Å². The van der Waals surface area contributed by atoms with Gasteiger partial charge in [0.2, 0.25) is 12.3 Å². The molecule has 3 nitrogen and oxygen atoms in total. The third-order valence-electron chi connectivity index (χ3n) is 3.33. The summed E-state index contributed by atoms with van der Waals surface area (Å²) in [7, 11) is 1.48. The fourth-order valence-corrected chi connectivity index (χ4v) is 2.73. The predicted octanol–water partition coefficient (Wildman–Crippen LogP) is 3.33. The van der Waals surface area contributed by atoms with Gasteiger partial charge in [0.1, 0.15) is 0 Å². The fourth-order valence-electron chi connectivity index (χ4n) is 2.03. The molecule has 1 saturated carbocycles. The minimum atomic E-state index is -0.116. The van der Waals surface area contributed by atoms with Gasteiger partial charge in [-0.2, -0.15) is 11.8 Å². The van der Waals surface area contributed by atoms with Crippen LogP contribution in [0.25, 0.3) is 0 Å². The van der Waals surface area contributed by atoms with E-state index in [0.29, 0.717) is 6.41 Å². The van der Waals surface area contributed by atoms with Gasteiger partial charge in [-0.1, -0.05) is 46.0 Å². The summed E-state index contributed by atoms with van der Waals surface area (Å²) in [5.41, 5.74) is 0. The molecule has 2 amide bonds. The Morgan fingerprint density at radius 3 is 2.22 bits per heavy atom. The molecule has 1 rings (SSSR count). The molecular weight excluding hydrogens is 246 g/mol. The molecule has 18 heavy (non-hydrogen) atoms. The second-order valence-electron chi connectivity index (χ2n) is 4.93. The van der Waals surface area contributed by atoms with Crippen molar-refractivity contribution in [2.24, 2.45) is 5.92 Å². The van der Waals surface area contributed by atoms with E-state index >= 15 is 0 Å². The molecule has 4 heteroatoms. The minimum Gasteiger partial charge on any atom is -0.287 e. The van der Waals surface area contributed by atoms with Gasteiger partial charge >= 0.3 is 0 Å². The van der Waals surface area contributed by atoms with Crippen LogP contribution in [0.4, 0.5) is 0 Å². The molecule has 0 aliphatic heterocycles. The first-order valence-electron chi connectivity index (χ1n) is 6.81. The van der Waals surface area contributed by atoms with Gasteiger partial charge in [-0.05, 0) is 18.6 Å². The van der Waals surface area contributed by atoms with Gasteiger partial charge in [0.05, 0.1) is 5.25 Å². The fraction of sp³-hybridized carbons (Fsp3) is 0.857. The summed E-state index contributed by atoms with van der Waals surface area (Å²) in [6, 6.07) is 0. The molecule has 0 bridgehead atoms. The molecule has 1 aliphatic carbocycles. The van der Waals surface area contributed by atoms with E-state index in [1.165, 1.54) is 50.9 Å². The first-order valence-corrected chi connectivity index (χ1v) is 8.10. The number of carbonyl (C=O) groups excluding carboxylic acids is 2. The van der Waals surface area contributed by atoms with Crippen LogP contribution in [0.2, 0.25) is 0 Å². The SMILES string of the molecule is CC1CCCCC1.CCC(SC)C(=O)N(C)C=O. The molecule has 1 atom stereocenters. The van der Waals surface area contributed by atoms with Crippen LogP contribution in [0.1, 0.15) is 52.4 Å². The summed E-state index contributed by atoms with van der Waals surface area (Å²) >= 11 is 1.47. The van der Waals surface area contributed by atoms with Crippen molar-refractivity contribution in [2.75, 3.05) is 13.3 Å². The maximum absolute atomic E-state index is 11.2. The quantitative estimate of drug-likeness (QED) is 0.737. The van der Waals surface area contributed by atoms with Gasteiger partial charge in [0, 0.05) is 7.05 Å². The number of hydrogen-bond donors (Lipinski definition) is 0. The Labute approximate surface area is 116 Å². The molecule has 0 aromatic rings. The van der Waals surface area contributed by atoms with Crippen LogP contribution in [0.15, 0.2) is 0 Å². The average molecular weight is 273 g/mol. The Bertz CT molecular complexity index is 236. The van der Waals surface area contributed by atoms with Crippen LogP contribution >= 0.6 is 11.8 Å². The highest BCUT2D eigenvalue weighted by atomic mass is 32.2. The smallest absolute Gasteiger partial charge is 0.241 e. The van der Waals surface area contributed by atoms with Crippen molar-refractivity contribution in [1.29, 1.82) is 0 Å². The summed E-state index contributed by atoms with van der Waals surface area (Å²) in [6.07, 6.45) is 10.6. The van der Waals surface area contributed by atoms with Crippen molar-refractivity contribution in [3.63, 3.8) is 0 Å². The number of carbonyl (C=O) groups is 2. The zero-order chi connectivity index (χ0) is 14.0. The number of amides is 2. The van der Waals surface area contributed by atoms with E-state index in [9.17, 15) is 9.59 Å². The van der Waals surface area contributed by atoms with Crippen molar-refractivity contribution in [2.45, 2.75) is 57.6 Å². The van der Waals surface area contributed by atoms with Gasteiger partial charge in [-0.25, -0.2) is 0 Å². The molecule has 1 fully saturated rings. The van der Waals surface area contributed by atoms with Gasteiger partial charge in [0.25, 0.3) is 0 Å². The van der Waals surface area contributed by atoms with Gasteiger partial charge < -0.3 is 0 Å². The standard InChI is InChI=1S/C7H13NO2S.C7H14/c1-4-6(11-3)7(10)8(2)5-9;1-7-5-3-2-4-6-7/h5-6H,4H2,1-3H3;7H,2-6H2,1H3. The predicted molar refractivity (Wildman–Crippen MR) is 78.7 cm³/mol. The number of hydrogen-bond acceptors (Lipinski definition) is 3. The number of nitrogens with zero attached hydrogens (tertiary/aromatic N) is 1. The second kappa shape index (κ2) is 10.4. The lowest BCUT2D eigenvalue weighted by atomic mass is 9.91. The van der Waals surface area contributed by atoms with E-state index in [0.717, 1.165) is 17.2 Å². The summed E-state index contributed by atoms with van der Waals surface area (Å²) in [5.74, 6) is 0.920. The largest absolute Gasteiger partial charge is 0.287 e. The van der Waals surface area contributed by atoms with E-state index in [1.807, 2.05) is 13.2 Å². The van der Waals surface area contributed by atoms with Gasteiger partial charge in [0.15, 0.2) is 0 Å². The Hall–Kier alpha value is -0.510. The molecule has 0 saturated heterocycles. The van der Waals surface area contributed by atoms with Crippen molar-refractivity contribution in [1.82, 2.24) is 4.90 Å². The molecule has 1 aliphatic rings. The van der Waals surface area contributed by atoms with Gasteiger partial charge in [-0.15, -0.1) is 0 Å². The Morgan fingerprint density at radius 2 is 1.94 bits per heavy atom. The zero-order valence-electron chi connectivity index (χ0n) is 12.1. The van der Waals surface area contributed by atoms with Crippen LogP contribution in [0.3, 0.4) is 0 Å². The summed E-state index contributed by atoms with van der Waals surface area (Å²) in [4.78, 5) is 22.5. The lowest BCUT2D eigenvalue weighted by molar-refractivity contribution is -0.136. The monoisotopic (exact) mass is 273 g/mol. The Morgan fingerprint density at radius 1 is 1.39 bits per heavy atom. The number of rotatable bonds is 4. The van der Waals surface area contributed by atoms with Crippen molar-refractivity contribution >= 4 is 24.1 Å². The molecule has 0 heterocycles. The van der Waals surface area contributed by atoms with Crippen LogP contribution < -0.4 is 0 Å². The van der Waals surface area contributed by atoms with Crippen LogP contribution in [-0.4, -0.2) is 35.8 Å². The first kappa shape index (κ1) is 17.5. The molecule has 0 aromatic carbocycles.